The quantitative estimate of drug-likeness (QED) is 0.233. The van der Waals surface area contributed by atoms with Gasteiger partial charge < -0.3 is 24.8 Å². The van der Waals surface area contributed by atoms with Crippen molar-refractivity contribution in [2.24, 2.45) is 0 Å². The van der Waals surface area contributed by atoms with Gasteiger partial charge in [-0.2, -0.15) is 6.07 Å². The first kappa shape index (κ1) is 25.7. The van der Waals surface area contributed by atoms with Gasteiger partial charge in [0.05, 0.1) is 8.07 Å². The number of benzene rings is 2. The predicted octanol–water partition coefficient (Wildman–Crippen LogP) is 1.75. The summed E-state index contributed by atoms with van der Waals surface area (Å²) in [6.07, 6.45) is 0. The number of halogens is 2. The van der Waals surface area contributed by atoms with Crippen LogP contribution >= 0.6 is 11.3 Å². The molecule has 0 spiro atoms. The van der Waals surface area contributed by atoms with E-state index in [9.17, 15) is 0 Å². The average Bonchev–Trinajstić information content (AvgIpc) is 3.29. The number of rotatable bonds is 0. The van der Waals surface area contributed by atoms with Crippen molar-refractivity contribution in [1.29, 1.82) is 0 Å². The van der Waals surface area contributed by atoms with Crippen LogP contribution < -0.4 is 24.8 Å². The van der Waals surface area contributed by atoms with E-state index < -0.39 is 8.07 Å². The molecule has 1 atom stereocenters. The topological polar surface area (TPSA) is 0 Å². The van der Waals surface area contributed by atoms with Crippen molar-refractivity contribution in [2.45, 2.75) is 39.4 Å². The molecule has 1 aliphatic carbocycles. The monoisotopic (exact) mass is 545 g/mol. The van der Waals surface area contributed by atoms with Crippen molar-refractivity contribution in [3.05, 3.63) is 81.1 Å². The summed E-state index contributed by atoms with van der Waals surface area (Å²) in [6, 6.07) is 19.8. The van der Waals surface area contributed by atoms with E-state index in [4.69, 9.17) is 0 Å². The zero-order valence-corrected chi connectivity index (χ0v) is 23.7. The van der Waals surface area contributed by atoms with Gasteiger partial charge in [0.25, 0.3) is 0 Å². The second-order valence-corrected chi connectivity index (χ2v) is 14.5. The van der Waals surface area contributed by atoms with Gasteiger partial charge in [-0.05, 0) is 30.9 Å². The van der Waals surface area contributed by atoms with Crippen LogP contribution in [0, 0.1) is 13.8 Å². The molecule has 153 valence electrons. The summed E-state index contributed by atoms with van der Waals surface area (Å²) in [5.41, 5.74) is 5.55. The molecule has 1 radical (unpaired) electrons. The Kier molecular flexibility index (Phi) is 7.81. The third kappa shape index (κ3) is 3.76. The van der Waals surface area contributed by atoms with Crippen LogP contribution in [-0.2, 0) is 26.2 Å². The van der Waals surface area contributed by atoms with Crippen LogP contribution in [0.1, 0.15) is 33.3 Å². The second kappa shape index (κ2) is 9.12. The largest absolute Gasteiger partial charge is 3.00 e. The number of hydrogen-bond donors (Lipinski definition) is 0. The third-order valence-corrected chi connectivity index (χ3v) is 11.8. The number of fused-ring (bicyclic) bond motifs is 3. The van der Waals surface area contributed by atoms with Crippen molar-refractivity contribution >= 4 is 46.2 Å². The molecular weight excluding hydrogens is 523 g/mol. The maximum absolute atomic E-state index is 2.52. The van der Waals surface area contributed by atoms with Crippen molar-refractivity contribution in [3.8, 4) is 0 Å². The Morgan fingerprint density at radius 1 is 0.900 bits per heavy atom. The van der Waals surface area contributed by atoms with Gasteiger partial charge in [0, 0.05) is 15.3 Å². The number of aryl methyl sites for hydroxylation is 2. The number of thiophene rings is 1. The molecule has 5 heteroatoms. The van der Waals surface area contributed by atoms with Gasteiger partial charge in [0.15, 0.2) is 0 Å². The standard InChI is InChI=1S/C14H11.C11H14SSi.2ClH.Zr/c1-10-8-12-7-6-11-4-2-3-5-13(11)14(12)9-10;1-6-5-8-9(12-6)11-7(2)10(8)13(11,3)4;;;/h2-9H,1H3;5,11H,1-4H3;2*1H;/q-1;;;;+3/p-2. The van der Waals surface area contributed by atoms with Gasteiger partial charge in [-0.15, -0.1) is 39.8 Å². The number of hydrogen-bond acceptors (Lipinski definition) is 1. The third-order valence-electron chi connectivity index (χ3n) is 6.37. The van der Waals surface area contributed by atoms with E-state index in [1.165, 1.54) is 32.0 Å². The molecule has 7 rings (SSSR count). The molecule has 1 unspecified atom stereocenters. The SMILES string of the molecule is CC1=C2c3cc(C)sc3C1[Si]2(C)C.Cc1cc2c(ccc3ccccc32)[cH-]1.[Cl-].[Cl-].[Zr+3]. The van der Waals surface area contributed by atoms with Gasteiger partial charge in [0.1, 0.15) is 0 Å². The Bertz CT molecular complexity index is 1250. The van der Waals surface area contributed by atoms with Crippen molar-refractivity contribution < 1.29 is 51.0 Å². The van der Waals surface area contributed by atoms with Crippen LogP contribution in [0.25, 0.3) is 26.7 Å². The van der Waals surface area contributed by atoms with Crippen LogP contribution in [0.2, 0.25) is 13.1 Å². The summed E-state index contributed by atoms with van der Waals surface area (Å²) in [5, 5.41) is 7.18. The molecule has 1 aromatic heterocycles. The van der Waals surface area contributed by atoms with E-state index in [-0.39, 0.29) is 51.0 Å². The normalized spacial score (nSPS) is 17.2. The maximum atomic E-state index is 2.52. The van der Waals surface area contributed by atoms with Gasteiger partial charge in [-0.1, -0.05) is 66.5 Å². The summed E-state index contributed by atoms with van der Waals surface area (Å²) in [4.78, 5) is 3.19. The minimum atomic E-state index is -0.995. The fourth-order valence-electron chi connectivity index (χ4n) is 5.40. The molecule has 30 heavy (non-hydrogen) atoms. The van der Waals surface area contributed by atoms with Crippen molar-refractivity contribution in [3.63, 3.8) is 0 Å². The number of allylic oxidation sites excluding steroid dienone is 1. The first-order chi connectivity index (χ1) is 12.9. The predicted molar refractivity (Wildman–Crippen MR) is 124 cm³/mol. The van der Waals surface area contributed by atoms with E-state index in [1.54, 1.807) is 21.2 Å². The molecule has 3 heterocycles. The molecule has 4 aromatic rings. The van der Waals surface area contributed by atoms with Crippen LogP contribution in [0.4, 0.5) is 0 Å². The summed E-state index contributed by atoms with van der Waals surface area (Å²) in [5.74, 6) is 0. The summed E-state index contributed by atoms with van der Waals surface area (Å²) < 4.78 is 0. The molecular formula is C25H25Cl2SSiZr. The molecule has 0 nitrogen and oxygen atoms in total. The Labute approximate surface area is 216 Å². The molecule has 0 saturated heterocycles. The van der Waals surface area contributed by atoms with E-state index >= 15 is 0 Å². The van der Waals surface area contributed by atoms with E-state index in [1.807, 2.05) is 11.3 Å². The zero-order valence-electron chi connectivity index (χ0n) is 17.9. The second-order valence-electron chi connectivity index (χ2n) is 8.67. The Morgan fingerprint density at radius 2 is 1.60 bits per heavy atom. The molecule has 0 saturated carbocycles. The first-order valence-electron chi connectivity index (χ1n) is 9.74. The molecule has 0 N–H and O–H groups in total. The van der Waals surface area contributed by atoms with E-state index in [0.717, 1.165) is 5.54 Å². The molecule has 2 aliphatic heterocycles. The first-order valence-corrected chi connectivity index (χ1v) is 13.6. The molecule has 0 amide bonds. The summed E-state index contributed by atoms with van der Waals surface area (Å²) in [6.45, 7) is 11.7. The van der Waals surface area contributed by atoms with Gasteiger partial charge in [0.2, 0.25) is 0 Å². The fourth-order valence-corrected chi connectivity index (χ4v) is 11.8. The minimum absolute atomic E-state index is 0. The van der Waals surface area contributed by atoms with E-state index in [2.05, 4.69) is 88.5 Å². The smallest absolute Gasteiger partial charge is 1.00 e. The molecule has 3 aromatic carbocycles. The average molecular weight is 548 g/mol. The summed E-state index contributed by atoms with van der Waals surface area (Å²) in [7, 11) is -0.995. The summed E-state index contributed by atoms with van der Waals surface area (Å²) >= 11 is 2.03. The fraction of sp³-hybridized carbons (Fsp3) is 0.240. The van der Waals surface area contributed by atoms with Crippen LogP contribution in [0.5, 0.6) is 0 Å². The van der Waals surface area contributed by atoms with Gasteiger partial charge in [-0.3, -0.25) is 0 Å². The Morgan fingerprint density at radius 3 is 2.27 bits per heavy atom. The molecule has 3 aliphatic rings. The minimum Gasteiger partial charge on any atom is -1.00 e. The van der Waals surface area contributed by atoms with Gasteiger partial charge >= 0.3 is 26.2 Å². The Balaban J connectivity index is 0.000000195. The van der Waals surface area contributed by atoms with Crippen LogP contribution in [0.3, 0.4) is 0 Å². The van der Waals surface area contributed by atoms with Crippen LogP contribution in [-0.4, -0.2) is 8.07 Å². The van der Waals surface area contributed by atoms with Crippen LogP contribution in [0.15, 0.2) is 60.2 Å². The zero-order chi connectivity index (χ0) is 18.9. The van der Waals surface area contributed by atoms with E-state index in [0.29, 0.717) is 0 Å². The van der Waals surface area contributed by atoms with Crippen molar-refractivity contribution in [1.82, 2.24) is 0 Å². The van der Waals surface area contributed by atoms with Gasteiger partial charge in [-0.25, -0.2) is 0 Å². The molecule has 0 fully saturated rings. The Hall–Kier alpha value is -0.570. The maximum Gasteiger partial charge on any atom is 3.00 e. The van der Waals surface area contributed by atoms with Crippen molar-refractivity contribution in [2.75, 3.05) is 0 Å². The molecule has 2 bridgehead atoms.